The van der Waals surface area contributed by atoms with Gasteiger partial charge in [-0.15, -0.1) is 0 Å². The Labute approximate surface area is 166 Å². The van der Waals surface area contributed by atoms with Gasteiger partial charge in [0.1, 0.15) is 11.3 Å². The summed E-state index contributed by atoms with van der Waals surface area (Å²) in [5.74, 6) is -1.02. The van der Waals surface area contributed by atoms with E-state index in [-0.39, 0.29) is 11.5 Å². The Bertz CT molecular complexity index is 929. The van der Waals surface area contributed by atoms with Gasteiger partial charge in [0.25, 0.3) is 5.91 Å². The molecule has 1 saturated heterocycles. The van der Waals surface area contributed by atoms with E-state index in [0.717, 1.165) is 16.9 Å². The van der Waals surface area contributed by atoms with Crippen LogP contribution in [0.25, 0.3) is 0 Å². The average molecular weight is 402 g/mol. The van der Waals surface area contributed by atoms with Gasteiger partial charge in [-0.25, -0.2) is 4.79 Å². The van der Waals surface area contributed by atoms with Gasteiger partial charge in [-0.3, -0.25) is 14.5 Å². The maximum absolute atomic E-state index is 12.9. The monoisotopic (exact) mass is 402 g/mol. The van der Waals surface area contributed by atoms with Crippen LogP contribution in [0.4, 0.5) is 13.6 Å². The van der Waals surface area contributed by atoms with Crippen LogP contribution in [-0.2, 0) is 16.8 Å². The molecule has 0 spiro atoms. The number of ether oxygens (including phenoxy) is 1. The number of nitrogens with zero attached hydrogens (tertiary/aromatic N) is 1. The Balaban J connectivity index is 1.76. The van der Waals surface area contributed by atoms with Gasteiger partial charge in [0.15, 0.2) is 5.78 Å². The number of benzene rings is 2. The second-order valence-corrected chi connectivity index (χ2v) is 6.82. The maximum Gasteiger partial charge on any atom is 0.387 e. The molecule has 1 fully saturated rings. The molecule has 0 radical (unpaired) electrons. The lowest BCUT2D eigenvalue weighted by molar-refractivity contribution is -0.130. The van der Waals surface area contributed by atoms with Gasteiger partial charge in [0.05, 0.1) is 6.54 Å². The molecule has 2 aromatic carbocycles. The first-order valence-electron chi connectivity index (χ1n) is 9.06. The fourth-order valence-electron chi connectivity index (χ4n) is 3.17. The van der Waals surface area contributed by atoms with Crippen molar-refractivity contribution in [1.29, 1.82) is 0 Å². The fourth-order valence-corrected chi connectivity index (χ4v) is 3.17. The first-order valence-corrected chi connectivity index (χ1v) is 9.06. The summed E-state index contributed by atoms with van der Waals surface area (Å²) >= 11 is 0. The Morgan fingerprint density at radius 2 is 1.72 bits per heavy atom. The van der Waals surface area contributed by atoms with Crippen molar-refractivity contribution in [3.63, 3.8) is 0 Å². The van der Waals surface area contributed by atoms with Gasteiger partial charge in [0, 0.05) is 5.56 Å². The minimum absolute atomic E-state index is 0.0633. The van der Waals surface area contributed by atoms with Crippen molar-refractivity contribution in [1.82, 2.24) is 10.2 Å². The van der Waals surface area contributed by atoms with E-state index < -0.39 is 30.6 Å². The summed E-state index contributed by atoms with van der Waals surface area (Å²) < 4.78 is 28.9. The molecule has 152 valence electrons. The molecule has 0 unspecified atom stereocenters. The predicted molar refractivity (Wildman–Crippen MR) is 101 cm³/mol. The molecule has 0 bridgehead atoms. The van der Waals surface area contributed by atoms with Crippen LogP contribution in [0.15, 0.2) is 48.5 Å². The molecule has 29 heavy (non-hydrogen) atoms. The van der Waals surface area contributed by atoms with Crippen LogP contribution in [0.3, 0.4) is 0 Å². The molecular weight excluding hydrogens is 382 g/mol. The number of imide groups is 1. The van der Waals surface area contributed by atoms with Gasteiger partial charge in [-0.05, 0) is 36.6 Å². The second kappa shape index (κ2) is 7.98. The summed E-state index contributed by atoms with van der Waals surface area (Å²) in [6.07, 6.45) is 0.834. The van der Waals surface area contributed by atoms with Crippen molar-refractivity contribution in [2.24, 2.45) is 0 Å². The van der Waals surface area contributed by atoms with E-state index in [1.807, 2.05) is 19.1 Å². The summed E-state index contributed by atoms with van der Waals surface area (Å²) in [6.45, 7) is 0.142. The zero-order chi connectivity index (χ0) is 21.2. The number of hydrogen-bond donors (Lipinski definition) is 1. The van der Waals surface area contributed by atoms with Gasteiger partial charge >= 0.3 is 12.6 Å². The summed E-state index contributed by atoms with van der Waals surface area (Å²) in [7, 11) is 0. The molecular formula is C21H20F2N2O4. The highest BCUT2D eigenvalue weighted by atomic mass is 19.3. The minimum Gasteiger partial charge on any atom is -0.435 e. The number of hydrogen-bond acceptors (Lipinski definition) is 4. The van der Waals surface area contributed by atoms with Crippen molar-refractivity contribution in [2.45, 2.75) is 32.4 Å². The highest BCUT2D eigenvalue weighted by Crippen LogP contribution is 2.30. The third kappa shape index (κ3) is 4.11. The van der Waals surface area contributed by atoms with Crippen LogP contribution in [0, 0.1) is 0 Å². The average Bonchev–Trinajstić information content (AvgIpc) is 2.92. The number of rotatable bonds is 7. The molecule has 1 heterocycles. The molecule has 1 aliphatic heterocycles. The summed E-state index contributed by atoms with van der Waals surface area (Å²) in [5.41, 5.74) is 0.459. The second-order valence-electron chi connectivity index (χ2n) is 6.82. The normalized spacial score (nSPS) is 18.9. The topological polar surface area (TPSA) is 75.7 Å². The Morgan fingerprint density at radius 1 is 1.10 bits per heavy atom. The molecule has 3 amide bonds. The molecule has 1 atom stereocenters. The van der Waals surface area contributed by atoms with E-state index in [2.05, 4.69) is 10.1 Å². The number of alkyl halides is 2. The number of nitrogens with one attached hydrogen (secondary N) is 1. The molecule has 6 nitrogen and oxygen atoms in total. The SMILES string of the molecule is CCc1ccc(C(=O)CN2C(=O)N[C@@](C)(c3ccc(OC(F)F)cc3)C2=O)cc1. The highest BCUT2D eigenvalue weighted by Gasteiger charge is 2.49. The molecule has 0 aliphatic carbocycles. The highest BCUT2D eigenvalue weighted by molar-refractivity contribution is 6.11. The third-order valence-corrected chi connectivity index (χ3v) is 4.92. The lowest BCUT2D eigenvalue weighted by Crippen LogP contribution is -2.41. The lowest BCUT2D eigenvalue weighted by atomic mass is 9.92. The zero-order valence-corrected chi connectivity index (χ0v) is 15.9. The van der Waals surface area contributed by atoms with Crippen LogP contribution in [0.2, 0.25) is 0 Å². The Kier molecular flexibility index (Phi) is 5.63. The van der Waals surface area contributed by atoms with E-state index in [4.69, 9.17) is 0 Å². The molecule has 1 N–H and O–H groups in total. The van der Waals surface area contributed by atoms with E-state index in [0.29, 0.717) is 11.1 Å². The largest absolute Gasteiger partial charge is 0.435 e. The molecule has 0 aromatic heterocycles. The molecule has 3 rings (SSSR count). The van der Waals surface area contributed by atoms with Crippen LogP contribution < -0.4 is 10.1 Å². The number of carbonyl (C=O) groups excluding carboxylic acids is 3. The Morgan fingerprint density at radius 3 is 2.28 bits per heavy atom. The van der Waals surface area contributed by atoms with E-state index in [1.165, 1.54) is 31.2 Å². The fraction of sp³-hybridized carbons (Fsp3) is 0.286. The van der Waals surface area contributed by atoms with Gasteiger partial charge in [-0.1, -0.05) is 43.3 Å². The molecule has 1 aliphatic rings. The first-order chi connectivity index (χ1) is 13.7. The standard InChI is InChI=1S/C21H20F2N2O4/c1-3-13-4-6-14(7-5-13)17(26)12-25-18(27)21(2,24-20(25)28)15-8-10-16(11-9-15)29-19(22)23/h4-11,19H,3,12H2,1-2H3,(H,24,28)/t21-/m0/s1. The number of amides is 3. The van der Waals surface area contributed by atoms with Crippen LogP contribution in [0.1, 0.15) is 35.3 Å². The zero-order valence-electron chi connectivity index (χ0n) is 15.9. The number of ketones is 1. The van der Waals surface area contributed by atoms with Crippen LogP contribution in [-0.4, -0.2) is 35.8 Å². The third-order valence-electron chi connectivity index (χ3n) is 4.92. The Hall–Kier alpha value is -3.29. The van der Waals surface area contributed by atoms with Crippen molar-refractivity contribution >= 4 is 17.7 Å². The number of aryl methyl sites for hydroxylation is 1. The van der Waals surface area contributed by atoms with Crippen LogP contribution >= 0.6 is 0 Å². The molecule has 0 saturated carbocycles. The van der Waals surface area contributed by atoms with Crippen molar-refractivity contribution < 1.29 is 27.9 Å². The molecule has 8 heteroatoms. The number of carbonyl (C=O) groups is 3. The van der Waals surface area contributed by atoms with Crippen molar-refractivity contribution in [2.75, 3.05) is 6.54 Å². The number of halogens is 2. The van der Waals surface area contributed by atoms with E-state index in [1.54, 1.807) is 12.1 Å². The van der Waals surface area contributed by atoms with Gasteiger partial charge < -0.3 is 10.1 Å². The summed E-state index contributed by atoms with van der Waals surface area (Å²) in [6, 6.07) is 11.7. The van der Waals surface area contributed by atoms with Crippen LogP contribution in [0.5, 0.6) is 5.75 Å². The molecule has 2 aromatic rings. The quantitative estimate of drug-likeness (QED) is 0.568. The van der Waals surface area contributed by atoms with Crippen molar-refractivity contribution in [3.8, 4) is 5.75 Å². The van der Waals surface area contributed by atoms with Gasteiger partial charge in [0.2, 0.25) is 0 Å². The smallest absolute Gasteiger partial charge is 0.387 e. The van der Waals surface area contributed by atoms with E-state index >= 15 is 0 Å². The maximum atomic E-state index is 12.9. The number of urea groups is 1. The predicted octanol–water partition coefficient (Wildman–Crippen LogP) is 3.50. The number of Topliss-reactive ketones (excluding diaryl/α,β-unsaturated/α-hetero) is 1. The lowest BCUT2D eigenvalue weighted by Gasteiger charge is -2.22. The van der Waals surface area contributed by atoms with Crippen molar-refractivity contribution in [3.05, 3.63) is 65.2 Å². The van der Waals surface area contributed by atoms with E-state index in [9.17, 15) is 23.2 Å². The first kappa shape index (κ1) is 20.4. The summed E-state index contributed by atoms with van der Waals surface area (Å²) in [5, 5.41) is 2.58. The summed E-state index contributed by atoms with van der Waals surface area (Å²) in [4.78, 5) is 38.7. The minimum atomic E-state index is -2.96. The van der Waals surface area contributed by atoms with Gasteiger partial charge in [-0.2, -0.15) is 8.78 Å².